The highest BCUT2D eigenvalue weighted by Crippen LogP contribution is 2.30. The van der Waals surface area contributed by atoms with Gasteiger partial charge in [-0.25, -0.2) is 4.98 Å². The van der Waals surface area contributed by atoms with Crippen LogP contribution in [-0.2, 0) is 11.3 Å². The molecule has 0 bridgehead atoms. The number of aromatic amines is 1. The van der Waals surface area contributed by atoms with E-state index in [-0.39, 0.29) is 5.56 Å². The molecule has 1 aliphatic rings. The molecule has 1 heterocycles. The van der Waals surface area contributed by atoms with E-state index in [1.807, 2.05) is 0 Å². The molecule has 1 N–H and O–H groups in total. The van der Waals surface area contributed by atoms with E-state index in [0.717, 1.165) is 18.5 Å². The lowest BCUT2D eigenvalue weighted by atomic mass is 9.87. The van der Waals surface area contributed by atoms with E-state index in [4.69, 9.17) is 4.74 Å². The largest absolute Gasteiger partial charge is 0.377 e. The second kappa shape index (κ2) is 5.25. The van der Waals surface area contributed by atoms with Gasteiger partial charge in [-0.1, -0.05) is 19.3 Å². The van der Waals surface area contributed by atoms with Gasteiger partial charge in [0.05, 0.1) is 5.69 Å². The van der Waals surface area contributed by atoms with Gasteiger partial charge in [0.1, 0.15) is 12.4 Å². The molecule has 0 aliphatic heterocycles. The van der Waals surface area contributed by atoms with Crippen molar-refractivity contribution in [2.75, 3.05) is 7.11 Å². The summed E-state index contributed by atoms with van der Waals surface area (Å²) in [6.07, 6.45) is 6.12. The molecule has 0 radical (unpaired) electrons. The average Bonchev–Trinajstić information content (AvgIpc) is 2.30. The molecule has 88 valence electrons. The first-order valence-corrected chi connectivity index (χ1v) is 5.88. The Hall–Kier alpha value is -1.16. The molecule has 1 aromatic rings. The number of nitrogens with one attached hydrogen (secondary N) is 1. The number of nitrogens with zero attached hydrogens (tertiary/aromatic N) is 1. The molecule has 1 aliphatic carbocycles. The quantitative estimate of drug-likeness (QED) is 0.850. The Bertz CT molecular complexity index is 394. The molecule has 1 saturated carbocycles. The minimum Gasteiger partial charge on any atom is -0.377 e. The van der Waals surface area contributed by atoms with Gasteiger partial charge in [0.15, 0.2) is 0 Å². The Labute approximate surface area is 95.1 Å². The first-order valence-electron chi connectivity index (χ1n) is 5.88. The SMILES string of the molecule is COCc1nc(C2CCCCC2)cc(=O)[nH]1. The number of hydrogen-bond acceptors (Lipinski definition) is 3. The maximum atomic E-state index is 11.5. The van der Waals surface area contributed by atoms with Crippen LogP contribution >= 0.6 is 0 Å². The Morgan fingerprint density at radius 2 is 2.19 bits per heavy atom. The number of H-pyrrole nitrogens is 1. The molecule has 16 heavy (non-hydrogen) atoms. The molecule has 0 atom stereocenters. The number of ether oxygens (including phenoxy) is 1. The van der Waals surface area contributed by atoms with E-state index >= 15 is 0 Å². The van der Waals surface area contributed by atoms with Crippen LogP contribution in [0.3, 0.4) is 0 Å². The van der Waals surface area contributed by atoms with Crippen molar-refractivity contribution >= 4 is 0 Å². The second-order valence-electron chi connectivity index (χ2n) is 4.38. The zero-order valence-corrected chi connectivity index (χ0v) is 9.66. The fourth-order valence-corrected chi connectivity index (χ4v) is 2.34. The van der Waals surface area contributed by atoms with Crippen molar-refractivity contribution in [1.82, 2.24) is 9.97 Å². The van der Waals surface area contributed by atoms with Crippen LogP contribution in [0.5, 0.6) is 0 Å². The van der Waals surface area contributed by atoms with Gasteiger partial charge in [0.25, 0.3) is 5.56 Å². The van der Waals surface area contributed by atoms with E-state index in [9.17, 15) is 4.79 Å². The van der Waals surface area contributed by atoms with E-state index in [0.29, 0.717) is 18.3 Å². The van der Waals surface area contributed by atoms with Crippen LogP contribution < -0.4 is 5.56 Å². The Balaban J connectivity index is 2.21. The van der Waals surface area contributed by atoms with Crippen molar-refractivity contribution in [1.29, 1.82) is 0 Å². The first-order chi connectivity index (χ1) is 7.79. The summed E-state index contributed by atoms with van der Waals surface area (Å²) in [4.78, 5) is 18.6. The predicted octanol–water partition coefficient (Wildman–Crippen LogP) is 1.96. The molecule has 2 rings (SSSR count). The first kappa shape index (κ1) is 11.3. The van der Waals surface area contributed by atoms with Gasteiger partial charge in [-0.2, -0.15) is 0 Å². The van der Waals surface area contributed by atoms with Gasteiger partial charge in [0.2, 0.25) is 0 Å². The van der Waals surface area contributed by atoms with E-state index in [1.54, 1.807) is 13.2 Å². The summed E-state index contributed by atoms with van der Waals surface area (Å²) in [6.45, 7) is 0.371. The van der Waals surface area contributed by atoms with Crippen LogP contribution in [-0.4, -0.2) is 17.1 Å². The van der Waals surface area contributed by atoms with Crippen molar-refractivity contribution in [3.63, 3.8) is 0 Å². The van der Waals surface area contributed by atoms with Crippen molar-refractivity contribution in [3.8, 4) is 0 Å². The standard InChI is InChI=1S/C12H18N2O2/c1-16-8-11-13-10(7-12(15)14-11)9-5-3-2-4-6-9/h7,9H,2-6,8H2,1H3,(H,13,14,15). The highest BCUT2D eigenvalue weighted by atomic mass is 16.5. The van der Waals surface area contributed by atoms with E-state index < -0.39 is 0 Å². The summed E-state index contributed by atoms with van der Waals surface area (Å²) in [6, 6.07) is 1.63. The van der Waals surface area contributed by atoms with Crippen LogP contribution in [0, 0.1) is 0 Å². The second-order valence-corrected chi connectivity index (χ2v) is 4.38. The summed E-state index contributed by atoms with van der Waals surface area (Å²) in [5.41, 5.74) is 0.873. The molecule has 0 saturated heterocycles. The van der Waals surface area contributed by atoms with Gasteiger partial charge in [-0.05, 0) is 12.8 Å². The number of aromatic nitrogens is 2. The molecule has 0 aromatic carbocycles. The van der Waals surface area contributed by atoms with Gasteiger partial charge >= 0.3 is 0 Å². The fraction of sp³-hybridized carbons (Fsp3) is 0.667. The summed E-state index contributed by atoms with van der Waals surface area (Å²) >= 11 is 0. The maximum Gasteiger partial charge on any atom is 0.251 e. The summed E-state index contributed by atoms with van der Waals surface area (Å²) in [7, 11) is 1.60. The van der Waals surface area contributed by atoms with Crippen LogP contribution in [0.4, 0.5) is 0 Å². The molecular weight excluding hydrogens is 204 g/mol. The normalized spacial score (nSPS) is 17.6. The molecule has 4 heteroatoms. The van der Waals surface area contributed by atoms with Gasteiger partial charge in [0, 0.05) is 19.1 Å². The van der Waals surface area contributed by atoms with E-state index in [2.05, 4.69) is 9.97 Å². The zero-order valence-electron chi connectivity index (χ0n) is 9.66. The molecule has 0 unspecified atom stereocenters. The molecule has 0 spiro atoms. The van der Waals surface area contributed by atoms with Gasteiger partial charge < -0.3 is 9.72 Å². The molecule has 1 fully saturated rings. The van der Waals surface area contributed by atoms with Crippen molar-refractivity contribution in [2.45, 2.75) is 44.6 Å². The summed E-state index contributed by atoms with van der Waals surface area (Å²) in [5, 5.41) is 0. The average molecular weight is 222 g/mol. The van der Waals surface area contributed by atoms with Crippen LogP contribution in [0.2, 0.25) is 0 Å². The third-order valence-electron chi connectivity index (χ3n) is 3.12. The van der Waals surface area contributed by atoms with Crippen LogP contribution in [0.15, 0.2) is 10.9 Å². The predicted molar refractivity (Wildman–Crippen MR) is 61.4 cm³/mol. The highest BCUT2D eigenvalue weighted by molar-refractivity contribution is 5.09. The summed E-state index contributed by atoms with van der Waals surface area (Å²) in [5.74, 6) is 1.10. The van der Waals surface area contributed by atoms with Crippen molar-refractivity contribution in [2.24, 2.45) is 0 Å². The number of methoxy groups -OCH3 is 1. The monoisotopic (exact) mass is 222 g/mol. The third-order valence-corrected chi connectivity index (χ3v) is 3.12. The maximum absolute atomic E-state index is 11.5. The summed E-state index contributed by atoms with van der Waals surface area (Å²) < 4.78 is 4.99. The Morgan fingerprint density at radius 1 is 1.44 bits per heavy atom. The Kier molecular flexibility index (Phi) is 3.72. The minimum absolute atomic E-state index is 0.0670. The number of rotatable bonds is 3. The smallest absolute Gasteiger partial charge is 0.251 e. The molecule has 4 nitrogen and oxygen atoms in total. The van der Waals surface area contributed by atoms with Crippen LogP contribution in [0.25, 0.3) is 0 Å². The number of hydrogen-bond donors (Lipinski definition) is 1. The Morgan fingerprint density at radius 3 is 2.88 bits per heavy atom. The van der Waals surface area contributed by atoms with Gasteiger partial charge in [-0.3, -0.25) is 4.79 Å². The lowest BCUT2D eigenvalue weighted by molar-refractivity contribution is 0.177. The fourth-order valence-electron chi connectivity index (χ4n) is 2.34. The molecule has 0 amide bonds. The van der Waals surface area contributed by atoms with Crippen LogP contribution in [0.1, 0.15) is 49.5 Å². The van der Waals surface area contributed by atoms with Crippen molar-refractivity contribution in [3.05, 3.63) is 27.9 Å². The third kappa shape index (κ3) is 2.70. The molecular formula is C12H18N2O2. The lowest BCUT2D eigenvalue weighted by Crippen LogP contribution is -2.16. The molecule has 1 aromatic heterocycles. The lowest BCUT2D eigenvalue weighted by Gasteiger charge is -2.21. The van der Waals surface area contributed by atoms with E-state index in [1.165, 1.54) is 19.3 Å². The minimum atomic E-state index is -0.0670. The zero-order chi connectivity index (χ0) is 11.4. The topological polar surface area (TPSA) is 55.0 Å². The highest BCUT2D eigenvalue weighted by Gasteiger charge is 2.17. The van der Waals surface area contributed by atoms with Crippen molar-refractivity contribution < 1.29 is 4.74 Å². The van der Waals surface area contributed by atoms with Gasteiger partial charge in [-0.15, -0.1) is 0 Å².